The van der Waals surface area contributed by atoms with E-state index in [2.05, 4.69) is 53.3 Å². The summed E-state index contributed by atoms with van der Waals surface area (Å²) in [7, 11) is 0. The molecule has 0 aliphatic carbocycles. The van der Waals surface area contributed by atoms with Crippen LogP contribution >= 0.6 is 0 Å². The second-order valence-corrected chi connectivity index (χ2v) is 7.49. The van der Waals surface area contributed by atoms with E-state index in [0.29, 0.717) is 17.5 Å². The fourth-order valence-electron chi connectivity index (χ4n) is 3.61. The lowest BCUT2D eigenvalue weighted by Gasteiger charge is -2.13. The average molecular weight is 416 g/mol. The van der Waals surface area contributed by atoms with E-state index in [9.17, 15) is 4.79 Å². The highest BCUT2D eigenvalue weighted by atomic mass is 16.5. The number of aryl methyl sites for hydroxylation is 4. The zero-order valence-electron chi connectivity index (χ0n) is 18.2. The van der Waals surface area contributed by atoms with E-state index >= 15 is 0 Å². The topological polar surface area (TPSA) is 94.8 Å². The third-order valence-corrected chi connectivity index (χ3v) is 4.94. The number of fused-ring (bicyclic) bond motifs is 1. The van der Waals surface area contributed by atoms with E-state index in [1.54, 1.807) is 11.6 Å². The Morgan fingerprint density at radius 1 is 1.10 bits per heavy atom. The van der Waals surface area contributed by atoms with Gasteiger partial charge in [-0.25, -0.2) is 19.7 Å². The summed E-state index contributed by atoms with van der Waals surface area (Å²) in [5.41, 5.74) is 5.42. The minimum atomic E-state index is -0.487. The smallest absolute Gasteiger partial charge is 0.343 e. The van der Waals surface area contributed by atoms with Crippen molar-refractivity contribution in [3.8, 4) is 5.82 Å². The van der Waals surface area contributed by atoms with E-state index in [1.165, 1.54) is 18.1 Å². The van der Waals surface area contributed by atoms with Crippen LogP contribution in [0.4, 0.5) is 11.6 Å². The summed E-state index contributed by atoms with van der Waals surface area (Å²) < 4.78 is 6.84. The largest absolute Gasteiger partial charge is 0.462 e. The Kier molecular flexibility index (Phi) is 5.37. The molecule has 0 amide bonds. The number of aromatic nitrogens is 5. The third-order valence-electron chi connectivity index (χ3n) is 4.94. The molecule has 0 radical (unpaired) electrons. The molecule has 1 aromatic carbocycles. The van der Waals surface area contributed by atoms with Crippen molar-refractivity contribution in [1.29, 1.82) is 0 Å². The number of carbonyl (C=O) groups excluding carboxylic acids is 1. The monoisotopic (exact) mass is 416 g/mol. The Morgan fingerprint density at radius 2 is 1.90 bits per heavy atom. The molecule has 0 saturated carbocycles. The molecule has 3 aromatic heterocycles. The van der Waals surface area contributed by atoms with Gasteiger partial charge in [-0.1, -0.05) is 11.6 Å². The minimum absolute atomic E-state index is 0.253. The van der Waals surface area contributed by atoms with Crippen LogP contribution in [0.1, 0.15) is 39.7 Å². The number of esters is 1. The molecule has 4 aromatic rings. The number of nitrogens with one attached hydrogen (secondary N) is 1. The maximum absolute atomic E-state index is 12.3. The molecule has 31 heavy (non-hydrogen) atoms. The summed E-state index contributed by atoms with van der Waals surface area (Å²) >= 11 is 0. The predicted molar refractivity (Wildman–Crippen MR) is 119 cm³/mol. The van der Waals surface area contributed by atoms with Crippen molar-refractivity contribution in [3.05, 3.63) is 64.7 Å². The van der Waals surface area contributed by atoms with E-state index in [4.69, 9.17) is 9.72 Å². The highest BCUT2D eigenvalue weighted by Crippen LogP contribution is 2.27. The zero-order chi connectivity index (χ0) is 22.1. The number of anilines is 2. The molecule has 0 fully saturated rings. The number of ether oxygens (including phenoxy) is 1. The lowest BCUT2D eigenvalue weighted by atomic mass is 10.0. The molecule has 0 bridgehead atoms. The standard InChI is InChI=1S/C23H24N6O2/c1-6-31-23(30)18-11-24-12-25-22(18)27-20-10-16(5)28-29(20)19-9-14(3)17-8-13(2)7-15(4)21(17)26-19/h7-12H,6H2,1-5H3,(H,24,25,27). The average Bonchev–Trinajstić information content (AvgIpc) is 3.09. The van der Waals surface area contributed by atoms with Crippen LogP contribution in [0.2, 0.25) is 0 Å². The van der Waals surface area contributed by atoms with Crippen molar-refractivity contribution in [1.82, 2.24) is 24.7 Å². The van der Waals surface area contributed by atoms with Crippen LogP contribution in [-0.4, -0.2) is 37.3 Å². The lowest BCUT2D eigenvalue weighted by Crippen LogP contribution is -2.12. The van der Waals surface area contributed by atoms with Gasteiger partial charge in [-0.15, -0.1) is 0 Å². The van der Waals surface area contributed by atoms with Gasteiger partial charge in [0.1, 0.15) is 23.5 Å². The summed E-state index contributed by atoms with van der Waals surface area (Å²) in [4.78, 5) is 25.4. The van der Waals surface area contributed by atoms with E-state index in [0.717, 1.165) is 27.7 Å². The van der Waals surface area contributed by atoms with Crippen LogP contribution < -0.4 is 5.32 Å². The molecule has 0 saturated heterocycles. The molecular formula is C23H24N6O2. The van der Waals surface area contributed by atoms with Crippen LogP contribution in [0.25, 0.3) is 16.7 Å². The summed E-state index contributed by atoms with van der Waals surface area (Å²) in [6.07, 6.45) is 2.81. The molecule has 0 atom stereocenters. The van der Waals surface area contributed by atoms with Crippen molar-refractivity contribution >= 4 is 28.5 Å². The first-order chi connectivity index (χ1) is 14.9. The number of hydrogen-bond donors (Lipinski definition) is 1. The third kappa shape index (κ3) is 3.96. The molecule has 158 valence electrons. The first-order valence-electron chi connectivity index (χ1n) is 10.1. The van der Waals surface area contributed by atoms with Gasteiger partial charge in [0.2, 0.25) is 0 Å². The van der Waals surface area contributed by atoms with E-state index in [-0.39, 0.29) is 12.2 Å². The fraction of sp³-hybridized carbons (Fsp3) is 0.261. The Labute approximate surface area is 180 Å². The maximum atomic E-state index is 12.3. The van der Waals surface area contributed by atoms with Gasteiger partial charge >= 0.3 is 5.97 Å². The van der Waals surface area contributed by atoms with Crippen molar-refractivity contribution < 1.29 is 9.53 Å². The van der Waals surface area contributed by atoms with Crippen LogP contribution in [-0.2, 0) is 4.74 Å². The fourth-order valence-corrected chi connectivity index (χ4v) is 3.61. The van der Waals surface area contributed by atoms with Gasteiger partial charge in [0, 0.05) is 17.6 Å². The summed E-state index contributed by atoms with van der Waals surface area (Å²) in [5.74, 6) is 1.18. The van der Waals surface area contributed by atoms with Crippen molar-refractivity contribution in [2.45, 2.75) is 34.6 Å². The van der Waals surface area contributed by atoms with Crippen LogP contribution in [0, 0.1) is 27.7 Å². The van der Waals surface area contributed by atoms with Crippen LogP contribution in [0.3, 0.4) is 0 Å². The number of pyridine rings is 1. The number of rotatable bonds is 5. The number of benzene rings is 1. The molecular weight excluding hydrogens is 392 g/mol. The Morgan fingerprint density at radius 3 is 2.68 bits per heavy atom. The molecule has 4 rings (SSSR count). The number of hydrogen-bond acceptors (Lipinski definition) is 7. The molecule has 3 heterocycles. The molecule has 0 spiro atoms. The number of carbonyl (C=O) groups is 1. The molecule has 0 aliphatic heterocycles. The van der Waals surface area contributed by atoms with Gasteiger partial charge in [-0.3, -0.25) is 0 Å². The highest BCUT2D eigenvalue weighted by Gasteiger charge is 2.18. The first kappa shape index (κ1) is 20.5. The Bertz CT molecular complexity index is 1290. The van der Waals surface area contributed by atoms with Gasteiger partial charge in [-0.2, -0.15) is 9.78 Å². The maximum Gasteiger partial charge on any atom is 0.343 e. The Hall–Kier alpha value is -3.81. The van der Waals surface area contributed by atoms with Crippen molar-refractivity contribution in [2.75, 3.05) is 11.9 Å². The normalized spacial score (nSPS) is 11.0. The molecule has 0 unspecified atom stereocenters. The minimum Gasteiger partial charge on any atom is -0.462 e. The molecule has 8 nitrogen and oxygen atoms in total. The van der Waals surface area contributed by atoms with E-state index < -0.39 is 5.97 Å². The van der Waals surface area contributed by atoms with Gasteiger partial charge in [-0.05, 0) is 57.9 Å². The van der Waals surface area contributed by atoms with Crippen molar-refractivity contribution in [3.63, 3.8) is 0 Å². The quantitative estimate of drug-likeness (QED) is 0.483. The highest BCUT2D eigenvalue weighted by molar-refractivity contribution is 5.95. The summed E-state index contributed by atoms with van der Waals surface area (Å²) in [6.45, 7) is 10.1. The molecule has 8 heteroatoms. The van der Waals surface area contributed by atoms with Crippen molar-refractivity contribution in [2.24, 2.45) is 0 Å². The van der Waals surface area contributed by atoms with Gasteiger partial charge in [0.05, 0.1) is 17.8 Å². The summed E-state index contributed by atoms with van der Waals surface area (Å²) in [6, 6.07) is 8.15. The van der Waals surface area contributed by atoms with Gasteiger partial charge < -0.3 is 10.1 Å². The van der Waals surface area contributed by atoms with Gasteiger partial charge in [0.25, 0.3) is 0 Å². The second-order valence-electron chi connectivity index (χ2n) is 7.49. The molecule has 1 N–H and O–H groups in total. The zero-order valence-corrected chi connectivity index (χ0v) is 18.2. The van der Waals surface area contributed by atoms with Crippen LogP contribution in [0.5, 0.6) is 0 Å². The summed E-state index contributed by atoms with van der Waals surface area (Å²) in [5, 5.41) is 8.94. The lowest BCUT2D eigenvalue weighted by molar-refractivity contribution is 0.0526. The second kappa shape index (κ2) is 8.14. The van der Waals surface area contributed by atoms with E-state index in [1.807, 2.05) is 19.1 Å². The van der Waals surface area contributed by atoms with Crippen LogP contribution in [0.15, 0.2) is 36.8 Å². The van der Waals surface area contributed by atoms with Gasteiger partial charge in [0.15, 0.2) is 5.82 Å². The predicted octanol–water partition coefficient (Wildman–Crippen LogP) is 4.36. The Balaban J connectivity index is 1.80. The number of nitrogens with zero attached hydrogens (tertiary/aromatic N) is 5. The first-order valence-corrected chi connectivity index (χ1v) is 10.1. The SMILES string of the molecule is CCOC(=O)c1cncnc1Nc1cc(C)nn1-c1cc(C)c2cc(C)cc(C)c2n1. The molecule has 0 aliphatic rings.